The van der Waals surface area contributed by atoms with E-state index in [-0.39, 0.29) is 18.4 Å². The van der Waals surface area contributed by atoms with Gasteiger partial charge in [0.2, 0.25) is 11.8 Å². The average Bonchev–Trinajstić information content (AvgIpc) is 2.51. The summed E-state index contributed by atoms with van der Waals surface area (Å²) in [5.74, 6) is -0.457. The number of ether oxygens (including phenoxy) is 2. The summed E-state index contributed by atoms with van der Waals surface area (Å²) >= 11 is 0. The molecule has 0 aliphatic heterocycles. The molecule has 1 aromatic rings. The number of carbonyl (C=O) groups excluding carboxylic acids is 2. The summed E-state index contributed by atoms with van der Waals surface area (Å²) in [6, 6.07) is 8.98. The molecule has 1 N–H and O–H groups in total. The highest BCUT2D eigenvalue weighted by atomic mass is 16.5. The van der Waals surface area contributed by atoms with E-state index in [0.29, 0.717) is 19.6 Å². The molecule has 0 bridgehead atoms. The second kappa shape index (κ2) is 9.92. The van der Waals surface area contributed by atoms with Crippen molar-refractivity contribution in [2.24, 2.45) is 0 Å². The Hall–Kier alpha value is -1.92. The Labute approximate surface area is 131 Å². The fraction of sp³-hybridized carbons (Fsp3) is 0.500. The molecule has 1 unspecified atom stereocenters. The van der Waals surface area contributed by atoms with Gasteiger partial charge in [-0.1, -0.05) is 30.3 Å². The Balaban J connectivity index is 2.58. The van der Waals surface area contributed by atoms with Crippen LogP contribution in [0.2, 0.25) is 0 Å². The summed E-state index contributed by atoms with van der Waals surface area (Å²) in [4.78, 5) is 25.6. The minimum atomic E-state index is -0.601. The summed E-state index contributed by atoms with van der Waals surface area (Å²) in [5, 5.41) is 2.73. The second-order valence-corrected chi connectivity index (χ2v) is 5.09. The van der Waals surface area contributed by atoms with E-state index in [0.717, 1.165) is 5.56 Å². The molecule has 6 nitrogen and oxygen atoms in total. The third-order valence-electron chi connectivity index (χ3n) is 3.02. The van der Waals surface area contributed by atoms with Crippen molar-refractivity contribution in [1.29, 1.82) is 0 Å². The molecular weight excluding hydrogens is 284 g/mol. The smallest absolute Gasteiger partial charge is 0.246 e. The second-order valence-electron chi connectivity index (χ2n) is 5.09. The van der Waals surface area contributed by atoms with Gasteiger partial charge in [0.05, 0.1) is 13.2 Å². The van der Waals surface area contributed by atoms with E-state index in [4.69, 9.17) is 9.47 Å². The topological polar surface area (TPSA) is 67.9 Å². The van der Waals surface area contributed by atoms with E-state index in [1.807, 2.05) is 30.3 Å². The van der Waals surface area contributed by atoms with Gasteiger partial charge in [0.25, 0.3) is 0 Å². The Morgan fingerprint density at radius 2 is 1.86 bits per heavy atom. The molecular formula is C16H24N2O4. The molecule has 22 heavy (non-hydrogen) atoms. The lowest BCUT2D eigenvalue weighted by Gasteiger charge is -2.22. The fourth-order valence-electron chi connectivity index (χ4n) is 1.90. The number of likely N-dealkylation sites (N-methyl/N-ethyl adjacent to an activating group) is 1. The molecule has 0 aromatic heterocycles. The maximum absolute atomic E-state index is 12.2. The molecule has 2 amide bonds. The van der Waals surface area contributed by atoms with Crippen molar-refractivity contribution in [2.45, 2.75) is 12.5 Å². The van der Waals surface area contributed by atoms with Crippen molar-refractivity contribution in [2.75, 3.05) is 41.0 Å². The number of amides is 2. The largest absolute Gasteiger partial charge is 0.382 e. The number of rotatable bonds is 9. The van der Waals surface area contributed by atoms with Gasteiger partial charge in [-0.3, -0.25) is 9.59 Å². The fourth-order valence-corrected chi connectivity index (χ4v) is 1.90. The zero-order chi connectivity index (χ0) is 16.4. The lowest BCUT2D eigenvalue weighted by molar-refractivity contribution is -0.136. The Kier molecular flexibility index (Phi) is 8.17. The van der Waals surface area contributed by atoms with E-state index in [1.165, 1.54) is 4.90 Å². The highest BCUT2D eigenvalue weighted by Gasteiger charge is 2.22. The molecule has 1 rings (SSSR count). The van der Waals surface area contributed by atoms with Gasteiger partial charge in [-0.15, -0.1) is 0 Å². The predicted octanol–water partition coefficient (Wildman–Crippen LogP) is 0.465. The lowest BCUT2D eigenvalue weighted by Crippen LogP contribution is -2.48. The van der Waals surface area contributed by atoms with Crippen molar-refractivity contribution >= 4 is 11.8 Å². The quantitative estimate of drug-likeness (QED) is 0.673. The summed E-state index contributed by atoms with van der Waals surface area (Å²) < 4.78 is 10.0. The monoisotopic (exact) mass is 308 g/mol. The molecule has 0 aliphatic rings. The van der Waals surface area contributed by atoms with Gasteiger partial charge < -0.3 is 19.7 Å². The minimum absolute atomic E-state index is 0.0879. The number of benzene rings is 1. The molecule has 6 heteroatoms. The number of methoxy groups -OCH3 is 1. The number of hydrogen-bond acceptors (Lipinski definition) is 4. The van der Waals surface area contributed by atoms with Crippen molar-refractivity contribution in [3.05, 3.63) is 35.9 Å². The van der Waals surface area contributed by atoms with Gasteiger partial charge in [-0.2, -0.15) is 0 Å². The highest BCUT2D eigenvalue weighted by Crippen LogP contribution is 2.05. The van der Waals surface area contributed by atoms with Crippen LogP contribution in [0.25, 0.3) is 0 Å². The van der Waals surface area contributed by atoms with Gasteiger partial charge in [0.1, 0.15) is 12.6 Å². The first kappa shape index (κ1) is 18.1. The van der Waals surface area contributed by atoms with Crippen LogP contribution in [0, 0.1) is 0 Å². The van der Waals surface area contributed by atoms with Gasteiger partial charge in [0, 0.05) is 27.6 Å². The van der Waals surface area contributed by atoms with Crippen LogP contribution in [0.5, 0.6) is 0 Å². The molecule has 0 saturated heterocycles. The van der Waals surface area contributed by atoms with Crippen molar-refractivity contribution in [1.82, 2.24) is 10.2 Å². The van der Waals surface area contributed by atoms with E-state index in [1.54, 1.807) is 21.2 Å². The first-order chi connectivity index (χ1) is 10.5. The van der Waals surface area contributed by atoms with Crippen LogP contribution in [0.15, 0.2) is 30.3 Å². The third kappa shape index (κ3) is 6.69. The Bertz CT molecular complexity index is 462. The molecule has 1 aromatic carbocycles. The maximum atomic E-state index is 12.2. The third-order valence-corrected chi connectivity index (χ3v) is 3.02. The molecule has 0 aliphatic carbocycles. The number of carbonyl (C=O) groups is 2. The molecule has 0 heterocycles. The first-order valence-electron chi connectivity index (χ1n) is 7.15. The summed E-state index contributed by atoms with van der Waals surface area (Å²) in [7, 11) is 4.90. The molecule has 122 valence electrons. The average molecular weight is 308 g/mol. The molecule has 0 saturated carbocycles. The lowest BCUT2D eigenvalue weighted by atomic mass is 10.0. The van der Waals surface area contributed by atoms with Gasteiger partial charge in [-0.25, -0.2) is 0 Å². The minimum Gasteiger partial charge on any atom is -0.382 e. The summed E-state index contributed by atoms with van der Waals surface area (Å²) in [6.07, 6.45) is 0.446. The summed E-state index contributed by atoms with van der Waals surface area (Å²) in [5.41, 5.74) is 0.989. The highest BCUT2D eigenvalue weighted by molar-refractivity contribution is 5.88. The van der Waals surface area contributed by atoms with Crippen molar-refractivity contribution < 1.29 is 19.1 Å². The van der Waals surface area contributed by atoms with Gasteiger partial charge in [-0.05, 0) is 5.56 Å². The van der Waals surface area contributed by atoms with Gasteiger partial charge >= 0.3 is 0 Å². The Morgan fingerprint density at radius 1 is 1.18 bits per heavy atom. The number of nitrogens with one attached hydrogen (secondary N) is 1. The molecule has 0 spiro atoms. The van der Waals surface area contributed by atoms with Crippen molar-refractivity contribution in [3.8, 4) is 0 Å². The van der Waals surface area contributed by atoms with E-state index in [2.05, 4.69) is 5.32 Å². The van der Waals surface area contributed by atoms with Crippen LogP contribution in [-0.4, -0.2) is 63.8 Å². The van der Waals surface area contributed by atoms with Crippen LogP contribution in [0.1, 0.15) is 5.56 Å². The van der Waals surface area contributed by atoms with Crippen LogP contribution in [-0.2, 0) is 25.5 Å². The van der Waals surface area contributed by atoms with E-state index >= 15 is 0 Å². The SMILES string of the molecule is COCCOCC(=O)NC(Cc1ccccc1)C(=O)N(C)C. The van der Waals surface area contributed by atoms with Crippen LogP contribution in [0.4, 0.5) is 0 Å². The van der Waals surface area contributed by atoms with Crippen LogP contribution >= 0.6 is 0 Å². The predicted molar refractivity (Wildman–Crippen MR) is 83.5 cm³/mol. The number of hydrogen-bond donors (Lipinski definition) is 1. The molecule has 0 fully saturated rings. The molecule has 1 atom stereocenters. The number of nitrogens with zero attached hydrogens (tertiary/aromatic N) is 1. The first-order valence-corrected chi connectivity index (χ1v) is 7.15. The standard InChI is InChI=1S/C16H24N2O4/c1-18(2)16(20)14(11-13-7-5-4-6-8-13)17-15(19)12-22-10-9-21-3/h4-8,14H,9-12H2,1-3H3,(H,17,19). The van der Waals surface area contributed by atoms with Crippen molar-refractivity contribution in [3.63, 3.8) is 0 Å². The maximum Gasteiger partial charge on any atom is 0.246 e. The van der Waals surface area contributed by atoms with Gasteiger partial charge in [0.15, 0.2) is 0 Å². The van der Waals surface area contributed by atoms with E-state index < -0.39 is 6.04 Å². The summed E-state index contributed by atoms with van der Waals surface area (Å²) in [6.45, 7) is 0.682. The van der Waals surface area contributed by atoms with Crippen LogP contribution < -0.4 is 5.32 Å². The zero-order valence-corrected chi connectivity index (χ0v) is 13.4. The van der Waals surface area contributed by atoms with Crippen LogP contribution in [0.3, 0.4) is 0 Å². The normalized spacial score (nSPS) is 11.8. The zero-order valence-electron chi connectivity index (χ0n) is 13.4. The Morgan fingerprint density at radius 3 is 2.45 bits per heavy atom. The van der Waals surface area contributed by atoms with E-state index in [9.17, 15) is 9.59 Å². The molecule has 0 radical (unpaired) electrons.